The van der Waals surface area contributed by atoms with Gasteiger partial charge in [0.05, 0.1) is 44.5 Å². The third-order valence-electron chi connectivity index (χ3n) is 21.5. The molecule has 11 atom stereocenters. The summed E-state index contributed by atoms with van der Waals surface area (Å²) in [6.07, 6.45) is 5.22. The number of thioether (sulfide) groups is 1. The van der Waals surface area contributed by atoms with Crippen molar-refractivity contribution in [2.75, 3.05) is 66.4 Å². The van der Waals surface area contributed by atoms with Crippen LogP contribution in [0.1, 0.15) is 100 Å². The summed E-state index contributed by atoms with van der Waals surface area (Å²) in [5, 5.41) is 55.3. The van der Waals surface area contributed by atoms with E-state index in [1.54, 1.807) is 88.5 Å². The van der Waals surface area contributed by atoms with Gasteiger partial charge in [0.15, 0.2) is 0 Å². The van der Waals surface area contributed by atoms with Gasteiger partial charge in [-0.1, -0.05) is 120 Å². The van der Waals surface area contributed by atoms with Crippen LogP contribution in [0.15, 0.2) is 134 Å². The summed E-state index contributed by atoms with van der Waals surface area (Å²) in [5.41, 5.74) is 8.61. The minimum absolute atomic E-state index is 0.0113. The summed E-state index contributed by atoms with van der Waals surface area (Å²) >= 11 is 0.817. The number of H-pyrrole nitrogens is 3. The number of aromatic nitrogens is 5. The summed E-state index contributed by atoms with van der Waals surface area (Å²) in [6.45, 7) is 6.07. The molecule has 0 spiro atoms. The van der Waals surface area contributed by atoms with Crippen LogP contribution in [0.3, 0.4) is 0 Å². The predicted molar refractivity (Wildman–Crippen MR) is 466 cm³/mol. The zero-order valence-corrected chi connectivity index (χ0v) is 73.3. The van der Waals surface area contributed by atoms with Crippen LogP contribution in [-0.4, -0.2) is 292 Å². The van der Waals surface area contributed by atoms with Gasteiger partial charge in [0.25, 0.3) is 0 Å². The van der Waals surface area contributed by atoms with E-state index in [0.29, 0.717) is 57.4 Å². The molecule has 1 saturated heterocycles. The number of benzene rings is 4. The number of carbonyl (C=O) groups is 16. The fraction of sp³-hybridized carbons (Fsp3) is 0.448. The van der Waals surface area contributed by atoms with Crippen LogP contribution in [-0.2, 0) is 115 Å². The third kappa shape index (κ3) is 29.5. The van der Waals surface area contributed by atoms with Crippen molar-refractivity contribution >= 4 is 117 Å². The molecule has 1 aliphatic rings. The molecule has 0 unspecified atom stereocenters. The van der Waals surface area contributed by atoms with Crippen molar-refractivity contribution in [3.05, 3.63) is 168 Å². The van der Waals surface area contributed by atoms with Gasteiger partial charge in [-0.3, -0.25) is 76.7 Å². The summed E-state index contributed by atoms with van der Waals surface area (Å²) < 4.78 is 0. The molecule has 127 heavy (non-hydrogen) atoms. The number of hydrogen-bond donors (Lipinski definition) is 16. The van der Waals surface area contributed by atoms with Gasteiger partial charge in [-0.25, -0.2) is 9.97 Å². The molecule has 15 amide bonds. The Balaban J connectivity index is 1.20. The highest BCUT2D eigenvalue weighted by atomic mass is 32.2. The number of aromatic amines is 3. The van der Waals surface area contributed by atoms with Crippen LogP contribution in [0.25, 0.3) is 10.9 Å². The largest absolute Gasteiger partial charge is 0.508 e. The van der Waals surface area contributed by atoms with E-state index >= 15 is 33.6 Å². The first-order valence-corrected chi connectivity index (χ1v) is 42.7. The first-order valence-electron chi connectivity index (χ1n) is 41.5. The lowest BCUT2D eigenvalue weighted by Gasteiger charge is -2.37. The summed E-state index contributed by atoms with van der Waals surface area (Å²) in [4.78, 5) is 256. The van der Waals surface area contributed by atoms with Crippen LogP contribution in [0, 0.1) is 11.8 Å². The lowest BCUT2D eigenvalue weighted by atomic mass is 9.99. The Hall–Kier alpha value is -13.7. The van der Waals surface area contributed by atoms with Crippen molar-refractivity contribution in [2.24, 2.45) is 17.6 Å². The van der Waals surface area contributed by atoms with Gasteiger partial charge >= 0.3 is 5.97 Å². The second-order valence-electron chi connectivity index (χ2n) is 32.2. The SMILES string of the molecule is CCCC[C@H]1C(=O)N(C)CC(=O)N[C@@H](CC(=O)O)C(=O)N[C@@H](C(C)C)C(=O)N(C)[C@@H](Cc2cnc[nH]2)C(=O)N[C@@H](Cc2ccc(O)cc2)C(=O)N(C)CC(=O)N[C@@H](Cc2c[nH]c3ccccc23)C(=O)N[C@@H](Cc2ccc(O)cc2)C(=O)N[C@@H](CC(C)C)C(=O)N[C@H](C(=O)NCC(N)=O)CSCC(=O)N[C@@H](Cc2ccccc2)C(=O)N(C)[C@@H](Cc2cnc[nH]2)C(=O)N1C. The maximum Gasteiger partial charge on any atom is 0.305 e. The Bertz CT molecular complexity index is 4980. The number of hydrogen-bond acceptors (Lipinski definition) is 21. The summed E-state index contributed by atoms with van der Waals surface area (Å²) in [6, 6.07) is 9.74. The number of aromatic hydroxyl groups is 2. The number of nitrogens with zero attached hydrogens (tertiary/aromatic N) is 7. The topological polar surface area (TPSA) is 557 Å². The smallest absolute Gasteiger partial charge is 0.305 e. The molecule has 3 aromatic heterocycles. The fourth-order valence-corrected chi connectivity index (χ4v) is 15.3. The van der Waals surface area contributed by atoms with E-state index < -0.39 is 205 Å². The van der Waals surface area contributed by atoms with Crippen LogP contribution in [0.2, 0.25) is 0 Å². The molecule has 8 rings (SSSR count). The number of fused-ring (bicyclic) bond motifs is 1. The summed E-state index contributed by atoms with van der Waals surface area (Å²) in [7, 11) is 6.40. The minimum Gasteiger partial charge on any atom is -0.508 e. The number of carboxylic acids is 1. The Morgan fingerprint density at radius 1 is 0.504 bits per heavy atom. The molecule has 1 fully saturated rings. The average molecular weight is 1780 g/mol. The molecule has 4 heterocycles. The number of rotatable bonds is 23. The van der Waals surface area contributed by atoms with E-state index in [2.05, 4.69) is 72.8 Å². The highest BCUT2D eigenvalue weighted by Crippen LogP contribution is 2.24. The lowest BCUT2D eigenvalue weighted by Crippen LogP contribution is -2.61. The van der Waals surface area contributed by atoms with Crippen molar-refractivity contribution in [1.82, 2.24) is 97.3 Å². The Morgan fingerprint density at radius 3 is 1.55 bits per heavy atom. The number of para-hydroxylation sites is 1. The molecule has 7 aromatic rings. The molecular formula is C87H114N20O19S. The van der Waals surface area contributed by atoms with Gasteiger partial charge in [-0.2, -0.15) is 0 Å². The van der Waals surface area contributed by atoms with Crippen molar-refractivity contribution in [2.45, 2.75) is 172 Å². The maximum absolute atomic E-state index is 15.4. The molecule has 682 valence electrons. The second-order valence-corrected chi connectivity index (χ2v) is 33.3. The number of nitrogens with two attached hydrogens (primary N) is 1. The van der Waals surface area contributed by atoms with Crippen LogP contribution < -0.4 is 53.6 Å². The van der Waals surface area contributed by atoms with Crippen LogP contribution in [0.5, 0.6) is 11.5 Å². The third-order valence-corrected chi connectivity index (χ3v) is 22.5. The van der Waals surface area contributed by atoms with E-state index in [1.807, 2.05) is 6.92 Å². The molecule has 39 nitrogen and oxygen atoms in total. The minimum atomic E-state index is -1.92. The van der Waals surface area contributed by atoms with E-state index in [-0.39, 0.29) is 68.8 Å². The van der Waals surface area contributed by atoms with Crippen LogP contribution >= 0.6 is 11.8 Å². The van der Waals surface area contributed by atoms with Gasteiger partial charge in [0.2, 0.25) is 88.6 Å². The van der Waals surface area contributed by atoms with E-state index in [4.69, 9.17) is 5.73 Å². The first-order chi connectivity index (χ1) is 60.4. The predicted octanol–water partition coefficient (Wildman–Crippen LogP) is -0.227. The standard InChI is InChI=1S/C87H114N20O19S/c1-11-12-22-68-85(124)104(7)44-73(112)96-64(38-75(114)115)81(120)102-76(50(4)5)87(126)106(9)69(36-55-40-89-47-93-55)82(121)100-65(34-53-25-29-58(109)30-26-53)83(122)103(6)43-72(111)95-63(35-54-39-91-60-21-17-16-20-59(54)60)80(119)99-62(32-52-23-27-57(108)28-24-52)79(118)98-61(31-49(2)3)78(117)101-67(77(116)92-42-71(88)110)45-127-46-74(113)97-66(33-51-18-14-13-15-19-51)84(123)107(10)70(86(125)105(68)8)37-56-41-90-48-94-56/h13-21,23-30,39-41,47-50,61-70,76,91,108-109H,11-12,22,31-38,42-46H2,1-10H3,(H2,88,110)(H,89,93)(H,90,94)(H,92,116)(H,95,111)(H,96,112)(H,97,113)(H,98,118)(H,99,119)(H,100,121)(H,101,117)(H,102,120)(H,114,115)/t61-,62-,63-,64-,65-,66-,67-,68-,69-,70-,76-/m0/s1. The number of likely N-dealkylation sites (N-methyl/N-ethyl adjacent to an activating group) is 5. The number of carbonyl (C=O) groups excluding carboxylic acids is 15. The van der Waals surface area contributed by atoms with E-state index in [0.717, 1.165) is 36.3 Å². The monoisotopic (exact) mass is 1770 g/mol. The Kier molecular flexibility index (Phi) is 36.9. The van der Waals surface area contributed by atoms with Crippen LogP contribution in [0.4, 0.5) is 0 Å². The number of nitrogens with one attached hydrogen (secondary N) is 12. The van der Waals surface area contributed by atoms with E-state index in [9.17, 15) is 58.5 Å². The Labute approximate surface area is 738 Å². The number of unbranched alkanes of at least 4 members (excludes halogenated alkanes) is 1. The van der Waals surface area contributed by atoms with Gasteiger partial charge in [-0.15, -0.1) is 11.8 Å². The molecule has 0 saturated carbocycles. The first kappa shape index (κ1) is 98.7. The van der Waals surface area contributed by atoms with Gasteiger partial charge in [0, 0.05) is 120 Å². The highest BCUT2D eigenvalue weighted by Gasteiger charge is 2.42. The maximum atomic E-state index is 15.4. The van der Waals surface area contributed by atoms with Crippen molar-refractivity contribution in [3.63, 3.8) is 0 Å². The van der Waals surface area contributed by atoms with Gasteiger partial charge < -0.3 is 108 Å². The molecule has 0 bridgehead atoms. The molecular weight excluding hydrogens is 1660 g/mol. The number of imidazole rings is 2. The molecule has 0 aliphatic carbocycles. The van der Waals surface area contributed by atoms with Crippen molar-refractivity contribution in [3.8, 4) is 11.5 Å². The number of amides is 15. The molecule has 1 aliphatic heterocycles. The zero-order valence-electron chi connectivity index (χ0n) is 72.5. The molecule has 17 N–H and O–H groups in total. The average Bonchev–Trinajstić information content (AvgIpc) is 1.40. The normalized spacial score (nSPS) is 22.1. The molecule has 40 heteroatoms. The number of carboxylic acid groups (broad SMARTS) is 1. The lowest BCUT2D eigenvalue weighted by molar-refractivity contribution is -0.151. The molecule has 0 radical (unpaired) electrons. The fourth-order valence-electron chi connectivity index (χ4n) is 14.5. The molecule has 4 aromatic carbocycles. The number of phenols is 2. The summed E-state index contributed by atoms with van der Waals surface area (Å²) in [5.74, 6) is -17.8. The highest BCUT2D eigenvalue weighted by molar-refractivity contribution is 8.00. The van der Waals surface area contributed by atoms with Gasteiger partial charge in [-0.05, 0) is 77.3 Å². The van der Waals surface area contributed by atoms with Gasteiger partial charge in [0.1, 0.15) is 78.0 Å². The second kappa shape index (κ2) is 47.4. The quantitative estimate of drug-likeness (QED) is 0.0393. The van der Waals surface area contributed by atoms with Crippen molar-refractivity contribution < 1.29 is 92.0 Å². The van der Waals surface area contributed by atoms with E-state index in [1.165, 1.54) is 109 Å². The number of phenolic OH excluding ortho intramolecular Hbond substituents is 2. The number of aliphatic carboxylic acids is 1. The Morgan fingerprint density at radius 2 is 0.992 bits per heavy atom. The van der Waals surface area contributed by atoms with Crippen molar-refractivity contribution in [1.29, 1.82) is 0 Å². The number of primary amides is 1. The zero-order chi connectivity index (χ0) is 92.9.